The molecule has 0 saturated carbocycles. The highest BCUT2D eigenvalue weighted by atomic mass is 16.5. The molecule has 0 amide bonds. The molecule has 0 N–H and O–H groups in total. The zero-order chi connectivity index (χ0) is 24.9. The smallest absolute Gasteiger partial charge is 0.121 e. The van der Waals surface area contributed by atoms with Crippen LogP contribution in [0.4, 0.5) is 0 Å². The van der Waals surface area contributed by atoms with Gasteiger partial charge in [0.2, 0.25) is 0 Å². The van der Waals surface area contributed by atoms with Gasteiger partial charge in [-0.3, -0.25) is 0 Å². The van der Waals surface area contributed by atoms with Crippen LogP contribution in [0.5, 0.6) is 5.75 Å². The number of rotatable bonds is 9. The lowest BCUT2D eigenvalue weighted by molar-refractivity contribution is 0.310. The van der Waals surface area contributed by atoms with Crippen LogP contribution in [0.15, 0.2) is 122 Å². The maximum absolute atomic E-state index is 6.10. The Morgan fingerprint density at radius 1 is 0.703 bits per heavy atom. The molecule has 5 aromatic rings. The van der Waals surface area contributed by atoms with Crippen molar-refractivity contribution in [2.24, 2.45) is 0 Å². The summed E-state index contributed by atoms with van der Waals surface area (Å²) in [7, 11) is 0. The Balaban J connectivity index is 1.28. The van der Waals surface area contributed by atoms with Gasteiger partial charge in [0.1, 0.15) is 11.3 Å². The lowest BCUT2D eigenvalue weighted by Crippen LogP contribution is -2.36. The van der Waals surface area contributed by atoms with Crippen LogP contribution in [-0.2, 0) is 24.8 Å². The summed E-state index contributed by atoms with van der Waals surface area (Å²) in [5.74, 6) is 0.988. The number of hydrogen-bond donors (Lipinski definition) is 0. The van der Waals surface area contributed by atoms with Crippen molar-refractivity contribution < 1.29 is 4.74 Å². The molecule has 4 aromatic carbocycles. The highest BCUT2D eigenvalue weighted by Crippen LogP contribution is 2.40. The molecule has 0 saturated heterocycles. The van der Waals surface area contributed by atoms with Gasteiger partial charge in [-0.25, -0.2) is 4.98 Å². The molecule has 0 unspecified atom stereocenters. The zero-order valence-corrected chi connectivity index (χ0v) is 21.1. The van der Waals surface area contributed by atoms with Crippen molar-refractivity contribution in [3.05, 3.63) is 155 Å². The van der Waals surface area contributed by atoms with Crippen LogP contribution < -0.4 is 4.74 Å². The third-order valence-electron chi connectivity index (χ3n) is 7.51. The van der Waals surface area contributed by atoms with Gasteiger partial charge in [-0.05, 0) is 72.1 Å². The Labute approximate surface area is 219 Å². The van der Waals surface area contributed by atoms with Gasteiger partial charge in [-0.15, -0.1) is 0 Å². The maximum atomic E-state index is 6.10. The normalized spacial score (nSPS) is 12.9. The highest BCUT2D eigenvalue weighted by Gasteiger charge is 2.38. The van der Waals surface area contributed by atoms with Crippen molar-refractivity contribution >= 4 is 0 Å². The first kappa shape index (κ1) is 23.3. The van der Waals surface area contributed by atoms with Crippen LogP contribution in [-0.4, -0.2) is 16.2 Å². The largest absolute Gasteiger partial charge is 0.494 e. The van der Waals surface area contributed by atoms with E-state index in [1.807, 2.05) is 6.33 Å². The minimum atomic E-state index is -0.518. The fourth-order valence-electron chi connectivity index (χ4n) is 5.74. The van der Waals surface area contributed by atoms with Crippen LogP contribution in [0.1, 0.15) is 46.4 Å². The first-order valence-corrected chi connectivity index (χ1v) is 13.3. The van der Waals surface area contributed by atoms with Crippen molar-refractivity contribution in [1.82, 2.24) is 9.55 Å². The molecule has 0 fully saturated rings. The number of hydrogen-bond acceptors (Lipinski definition) is 2. The third-order valence-corrected chi connectivity index (χ3v) is 7.51. The lowest BCUT2D eigenvalue weighted by Gasteiger charge is -2.37. The molecule has 1 aliphatic carbocycles. The molecule has 0 aliphatic heterocycles. The Hall–Kier alpha value is -4.11. The molecule has 0 spiro atoms. The van der Waals surface area contributed by atoms with E-state index in [4.69, 9.17) is 9.72 Å². The van der Waals surface area contributed by atoms with E-state index in [2.05, 4.69) is 120 Å². The summed E-state index contributed by atoms with van der Waals surface area (Å²) in [4.78, 5) is 4.86. The van der Waals surface area contributed by atoms with Gasteiger partial charge in [0.05, 0.1) is 18.6 Å². The number of ether oxygens (including phenoxy) is 1. The first-order chi connectivity index (χ1) is 18.3. The Bertz CT molecular complexity index is 1340. The van der Waals surface area contributed by atoms with E-state index in [1.54, 1.807) is 0 Å². The van der Waals surface area contributed by atoms with E-state index in [0.29, 0.717) is 6.61 Å². The molecule has 0 bridgehead atoms. The molecule has 1 aromatic heterocycles. The maximum Gasteiger partial charge on any atom is 0.121 e. The van der Waals surface area contributed by atoms with Gasteiger partial charge in [-0.1, -0.05) is 97.1 Å². The molecule has 1 aliphatic rings. The molecule has 1 heterocycles. The summed E-state index contributed by atoms with van der Waals surface area (Å²) in [6.07, 6.45) is 9.63. The summed E-state index contributed by atoms with van der Waals surface area (Å²) in [6.45, 7) is 0.687. The van der Waals surface area contributed by atoms with Crippen molar-refractivity contribution in [3.63, 3.8) is 0 Å². The predicted octanol–water partition coefficient (Wildman–Crippen LogP) is 7.22. The Kier molecular flexibility index (Phi) is 6.60. The second kappa shape index (κ2) is 10.5. The van der Waals surface area contributed by atoms with Gasteiger partial charge in [0.25, 0.3) is 0 Å². The number of aromatic nitrogens is 2. The molecule has 6 rings (SSSR count). The highest BCUT2D eigenvalue weighted by molar-refractivity contribution is 5.50. The summed E-state index contributed by atoms with van der Waals surface area (Å²) in [5.41, 5.74) is 7.11. The van der Waals surface area contributed by atoms with E-state index >= 15 is 0 Å². The molecule has 37 heavy (non-hydrogen) atoms. The molecule has 0 radical (unpaired) electrons. The minimum Gasteiger partial charge on any atom is -0.494 e. The number of imidazole rings is 1. The summed E-state index contributed by atoms with van der Waals surface area (Å²) < 4.78 is 8.38. The first-order valence-electron chi connectivity index (χ1n) is 13.3. The topological polar surface area (TPSA) is 27.1 Å². The Morgan fingerprint density at radius 3 is 1.92 bits per heavy atom. The van der Waals surface area contributed by atoms with Gasteiger partial charge >= 0.3 is 0 Å². The molecular formula is C34H32N2O. The molecule has 0 atom stereocenters. The fourth-order valence-corrected chi connectivity index (χ4v) is 5.74. The van der Waals surface area contributed by atoms with E-state index < -0.39 is 5.54 Å². The van der Waals surface area contributed by atoms with Crippen molar-refractivity contribution in [1.29, 1.82) is 0 Å². The Morgan fingerprint density at radius 2 is 1.30 bits per heavy atom. The average molecular weight is 485 g/mol. The predicted molar refractivity (Wildman–Crippen MR) is 149 cm³/mol. The number of aryl methyl sites for hydroxylation is 3. The van der Waals surface area contributed by atoms with E-state index in [9.17, 15) is 0 Å². The second-order valence-corrected chi connectivity index (χ2v) is 9.82. The lowest BCUT2D eigenvalue weighted by atomic mass is 9.77. The van der Waals surface area contributed by atoms with Crippen molar-refractivity contribution in [2.75, 3.05) is 6.61 Å². The monoisotopic (exact) mass is 484 g/mol. The number of fused-ring (bicyclic) bond motifs is 1. The zero-order valence-electron chi connectivity index (χ0n) is 21.1. The molecular weight excluding hydrogens is 452 g/mol. The quantitative estimate of drug-likeness (QED) is 0.163. The van der Waals surface area contributed by atoms with Gasteiger partial charge in [-0.2, -0.15) is 0 Å². The number of nitrogens with zero attached hydrogens (tertiary/aromatic N) is 2. The van der Waals surface area contributed by atoms with E-state index in [-0.39, 0.29) is 0 Å². The van der Waals surface area contributed by atoms with Crippen LogP contribution in [0.2, 0.25) is 0 Å². The molecule has 3 heteroatoms. The fraction of sp³-hybridized carbons (Fsp3) is 0.206. The van der Waals surface area contributed by atoms with Crippen molar-refractivity contribution in [3.8, 4) is 5.75 Å². The van der Waals surface area contributed by atoms with Gasteiger partial charge < -0.3 is 9.30 Å². The van der Waals surface area contributed by atoms with Crippen LogP contribution in [0.25, 0.3) is 0 Å². The minimum absolute atomic E-state index is 0.518. The molecule has 3 nitrogen and oxygen atoms in total. The third kappa shape index (κ3) is 4.58. The standard InChI is InChI=1S/C34H32N2O/c1-4-14-29(15-5-1)34(30-16-6-2-7-17-30,31-18-8-3-9-19-31)36-25-32(35-26-36)20-11-23-37-33-22-21-27-12-10-13-28(27)24-33/h1-9,14-19,21-22,24-26H,10-13,20,23H2. The average Bonchev–Trinajstić information content (AvgIpc) is 3.63. The summed E-state index contributed by atoms with van der Waals surface area (Å²) in [6, 6.07) is 38.8. The summed E-state index contributed by atoms with van der Waals surface area (Å²) in [5, 5.41) is 0. The van der Waals surface area contributed by atoms with E-state index in [1.165, 1.54) is 47.1 Å². The molecule has 184 valence electrons. The van der Waals surface area contributed by atoms with Crippen LogP contribution in [0, 0.1) is 0 Å². The van der Waals surface area contributed by atoms with Crippen LogP contribution in [0.3, 0.4) is 0 Å². The second-order valence-electron chi connectivity index (χ2n) is 9.82. The van der Waals surface area contributed by atoms with Gasteiger partial charge in [0, 0.05) is 6.20 Å². The van der Waals surface area contributed by atoms with Crippen molar-refractivity contribution in [2.45, 2.75) is 37.6 Å². The number of benzene rings is 4. The van der Waals surface area contributed by atoms with E-state index in [0.717, 1.165) is 24.3 Å². The SMILES string of the molecule is c1ccc(C(c2ccccc2)(c2ccccc2)n2cnc(CCCOc3ccc4c(c3)CCC4)c2)cc1. The van der Waals surface area contributed by atoms with Gasteiger partial charge in [0.15, 0.2) is 0 Å². The van der Waals surface area contributed by atoms with Crippen LogP contribution >= 0.6 is 0 Å². The summed E-state index contributed by atoms with van der Waals surface area (Å²) >= 11 is 0.